The van der Waals surface area contributed by atoms with Crippen LogP contribution in [0, 0.1) is 5.92 Å². The lowest BCUT2D eigenvalue weighted by Crippen LogP contribution is -2.49. The molecule has 0 bridgehead atoms. The molecule has 6 heteroatoms. The van der Waals surface area contributed by atoms with Gasteiger partial charge in [0.15, 0.2) is 0 Å². The Bertz CT molecular complexity index is 728. The number of hydrogen-bond donors (Lipinski definition) is 1. The summed E-state index contributed by atoms with van der Waals surface area (Å²) in [5.74, 6) is 1.90. The number of ether oxygens (including phenoxy) is 2. The lowest BCUT2D eigenvalue weighted by atomic mass is 9.78. The summed E-state index contributed by atoms with van der Waals surface area (Å²) >= 11 is 0. The molecule has 3 atom stereocenters. The first-order valence-corrected chi connectivity index (χ1v) is 12.8. The number of piperidine rings is 1. The van der Waals surface area contributed by atoms with Gasteiger partial charge in [-0.05, 0) is 83.0 Å². The number of hydrogen-bond acceptors (Lipinski definition) is 5. The molecular weight excluding hydrogens is 402 g/mol. The van der Waals surface area contributed by atoms with Gasteiger partial charge in [-0.3, -0.25) is 4.79 Å². The number of benzene rings is 1. The summed E-state index contributed by atoms with van der Waals surface area (Å²) in [6.45, 7) is 9.15. The molecule has 0 spiro atoms. The van der Waals surface area contributed by atoms with E-state index >= 15 is 0 Å². The Hall–Kier alpha value is -1.79. The zero-order valence-electron chi connectivity index (χ0n) is 19.8. The lowest BCUT2D eigenvalue weighted by Gasteiger charge is -2.39. The molecule has 1 N–H and O–H groups in total. The Kier molecular flexibility index (Phi) is 8.69. The highest BCUT2D eigenvalue weighted by atomic mass is 16.5. The zero-order valence-corrected chi connectivity index (χ0v) is 19.8. The van der Waals surface area contributed by atoms with Gasteiger partial charge in [0.05, 0.1) is 18.4 Å². The van der Waals surface area contributed by atoms with E-state index in [1.807, 2.05) is 6.92 Å². The molecule has 3 fully saturated rings. The Labute approximate surface area is 193 Å². The quantitative estimate of drug-likeness (QED) is 0.588. The molecule has 3 aliphatic rings. The molecule has 1 aromatic rings. The smallest absolute Gasteiger partial charge is 0.220 e. The van der Waals surface area contributed by atoms with Gasteiger partial charge in [0.25, 0.3) is 0 Å². The first-order valence-electron chi connectivity index (χ1n) is 12.8. The summed E-state index contributed by atoms with van der Waals surface area (Å²) in [4.78, 5) is 16.8. The second-order valence-corrected chi connectivity index (χ2v) is 9.57. The van der Waals surface area contributed by atoms with E-state index < -0.39 is 0 Å². The molecule has 178 valence electrons. The number of para-hydroxylation sites is 2. The van der Waals surface area contributed by atoms with Crippen LogP contribution in [-0.4, -0.2) is 68.9 Å². The van der Waals surface area contributed by atoms with Crippen LogP contribution in [-0.2, 0) is 9.53 Å². The van der Waals surface area contributed by atoms with E-state index in [1.165, 1.54) is 31.5 Å². The van der Waals surface area contributed by atoms with Gasteiger partial charge in [-0.1, -0.05) is 12.1 Å². The summed E-state index contributed by atoms with van der Waals surface area (Å²) in [6, 6.07) is 8.77. The van der Waals surface area contributed by atoms with Crippen molar-refractivity contribution in [3.8, 4) is 5.75 Å². The van der Waals surface area contributed by atoms with Crippen LogP contribution >= 0.6 is 0 Å². The normalized spacial score (nSPS) is 26.8. The second kappa shape index (κ2) is 11.9. The van der Waals surface area contributed by atoms with E-state index in [0.717, 1.165) is 64.2 Å². The molecule has 32 heavy (non-hydrogen) atoms. The topological polar surface area (TPSA) is 54.0 Å². The summed E-state index contributed by atoms with van der Waals surface area (Å²) in [7, 11) is 0. The van der Waals surface area contributed by atoms with E-state index in [2.05, 4.69) is 39.4 Å². The van der Waals surface area contributed by atoms with Crippen molar-refractivity contribution in [2.24, 2.45) is 5.92 Å². The number of fused-ring (bicyclic) bond motifs is 1. The third-order valence-electron chi connectivity index (χ3n) is 7.35. The SMILES string of the molecule is CCOc1ccccc1N1CCCN(CCCCOC2CCC3CCC(=O)NC3C2)CC1. The number of carbonyl (C=O) groups is 1. The average molecular weight is 444 g/mol. The maximum absolute atomic E-state index is 11.7. The van der Waals surface area contributed by atoms with Gasteiger partial charge < -0.3 is 24.6 Å². The van der Waals surface area contributed by atoms with E-state index in [-0.39, 0.29) is 5.91 Å². The van der Waals surface area contributed by atoms with Gasteiger partial charge in [0.2, 0.25) is 5.91 Å². The number of nitrogens with zero attached hydrogens (tertiary/aromatic N) is 2. The largest absolute Gasteiger partial charge is 0.492 e. The Morgan fingerprint density at radius 3 is 2.88 bits per heavy atom. The fourth-order valence-corrected chi connectivity index (χ4v) is 5.58. The maximum atomic E-state index is 11.7. The minimum atomic E-state index is 0.226. The van der Waals surface area contributed by atoms with Crippen LogP contribution in [0.4, 0.5) is 5.69 Å². The van der Waals surface area contributed by atoms with Crippen LogP contribution in [0.3, 0.4) is 0 Å². The third kappa shape index (κ3) is 6.38. The van der Waals surface area contributed by atoms with Gasteiger partial charge in [-0.25, -0.2) is 0 Å². The van der Waals surface area contributed by atoms with Gasteiger partial charge in [0.1, 0.15) is 5.75 Å². The monoisotopic (exact) mass is 443 g/mol. The van der Waals surface area contributed by atoms with Crippen molar-refractivity contribution in [3.63, 3.8) is 0 Å². The first kappa shape index (κ1) is 23.4. The fourth-order valence-electron chi connectivity index (χ4n) is 5.58. The van der Waals surface area contributed by atoms with E-state index in [0.29, 0.717) is 31.1 Å². The first-order chi connectivity index (χ1) is 15.7. The van der Waals surface area contributed by atoms with Crippen molar-refractivity contribution in [1.82, 2.24) is 10.2 Å². The predicted molar refractivity (Wildman–Crippen MR) is 128 cm³/mol. The Morgan fingerprint density at radius 1 is 1.06 bits per heavy atom. The van der Waals surface area contributed by atoms with Crippen molar-refractivity contribution in [2.75, 3.05) is 50.8 Å². The van der Waals surface area contributed by atoms with Crippen LogP contribution in [0.2, 0.25) is 0 Å². The minimum Gasteiger partial charge on any atom is -0.492 e. The second-order valence-electron chi connectivity index (χ2n) is 9.57. The Morgan fingerprint density at radius 2 is 1.97 bits per heavy atom. The standard InChI is InChI=1S/C26H41N3O3/c1-2-31-25-9-4-3-8-24(25)29-16-7-15-28(17-18-29)14-5-6-19-32-22-12-10-21-11-13-26(30)27-23(21)20-22/h3-4,8-9,21-23H,2,5-7,10-20H2,1H3,(H,27,30). The molecule has 0 aromatic heterocycles. The van der Waals surface area contributed by atoms with Crippen LogP contribution in [0.1, 0.15) is 58.3 Å². The van der Waals surface area contributed by atoms with Crippen molar-refractivity contribution in [2.45, 2.75) is 70.4 Å². The zero-order chi connectivity index (χ0) is 22.2. The van der Waals surface area contributed by atoms with Crippen molar-refractivity contribution in [1.29, 1.82) is 0 Å². The fraction of sp³-hybridized carbons (Fsp3) is 0.731. The molecule has 1 aromatic carbocycles. The maximum Gasteiger partial charge on any atom is 0.220 e. The van der Waals surface area contributed by atoms with Crippen molar-refractivity contribution >= 4 is 11.6 Å². The number of amides is 1. The van der Waals surface area contributed by atoms with Gasteiger partial charge >= 0.3 is 0 Å². The molecule has 2 saturated heterocycles. The van der Waals surface area contributed by atoms with E-state index in [4.69, 9.17) is 9.47 Å². The van der Waals surface area contributed by atoms with Crippen molar-refractivity contribution in [3.05, 3.63) is 24.3 Å². The molecular formula is C26H41N3O3. The molecule has 1 aliphatic carbocycles. The van der Waals surface area contributed by atoms with E-state index in [9.17, 15) is 4.79 Å². The number of anilines is 1. The van der Waals surface area contributed by atoms with Crippen molar-refractivity contribution < 1.29 is 14.3 Å². The molecule has 6 nitrogen and oxygen atoms in total. The molecule has 2 aliphatic heterocycles. The summed E-state index contributed by atoms with van der Waals surface area (Å²) in [6.07, 6.45) is 8.94. The average Bonchev–Trinajstić information content (AvgIpc) is 3.05. The van der Waals surface area contributed by atoms with Crippen LogP contribution in [0.5, 0.6) is 5.75 Å². The van der Waals surface area contributed by atoms with E-state index in [1.54, 1.807) is 0 Å². The summed E-state index contributed by atoms with van der Waals surface area (Å²) < 4.78 is 12.0. The van der Waals surface area contributed by atoms with Crippen LogP contribution in [0.15, 0.2) is 24.3 Å². The third-order valence-corrected chi connectivity index (χ3v) is 7.35. The number of unbranched alkanes of at least 4 members (excludes halogenated alkanes) is 1. The number of carbonyl (C=O) groups excluding carboxylic acids is 1. The molecule has 2 heterocycles. The van der Waals surface area contributed by atoms with Gasteiger partial charge in [-0.2, -0.15) is 0 Å². The number of rotatable bonds is 9. The highest BCUT2D eigenvalue weighted by molar-refractivity contribution is 5.77. The lowest BCUT2D eigenvalue weighted by molar-refractivity contribution is -0.125. The predicted octanol–water partition coefficient (Wildman–Crippen LogP) is 3.84. The molecule has 4 rings (SSSR count). The molecule has 3 unspecified atom stereocenters. The van der Waals surface area contributed by atoms with Crippen LogP contribution < -0.4 is 15.0 Å². The molecule has 1 amide bonds. The molecule has 0 radical (unpaired) electrons. The summed E-state index contributed by atoms with van der Waals surface area (Å²) in [5.41, 5.74) is 1.23. The number of nitrogens with one attached hydrogen (secondary N) is 1. The summed E-state index contributed by atoms with van der Waals surface area (Å²) in [5, 5.41) is 3.19. The molecule has 1 saturated carbocycles. The highest BCUT2D eigenvalue weighted by Crippen LogP contribution is 2.32. The highest BCUT2D eigenvalue weighted by Gasteiger charge is 2.34. The van der Waals surface area contributed by atoms with Crippen LogP contribution in [0.25, 0.3) is 0 Å². The minimum absolute atomic E-state index is 0.226. The van der Waals surface area contributed by atoms with Gasteiger partial charge in [-0.15, -0.1) is 0 Å². The Balaban J connectivity index is 1.13. The van der Waals surface area contributed by atoms with Gasteiger partial charge in [0, 0.05) is 38.7 Å².